The number of aromatic nitrogens is 3. The summed E-state index contributed by atoms with van der Waals surface area (Å²) in [5, 5.41) is 3.21. The first kappa shape index (κ1) is 24.4. The molecule has 0 bridgehead atoms. The summed E-state index contributed by atoms with van der Waals surface area (Å²) in [6, 6.07) is 9.61. The molecular weight excluding hydrogens is 460 g/mol. The molecule has 1 N–H and O–H groups in total. The zero-order valence-corrected chi connectivity index (χ0v) is 21.3. The van der Waals surface area contributed by atoms with Crippen LogP contribution < -0.4 is 4.74 Å². The number of morpholine rings is 1. The van der Waals surface area contributed by atoms with Crippen LogP contribution in [-0.4, -0.2) is 64.0 Å². The Labute approximate surface area is 210 Å². The number of fused-ring (bicyclic) bond motifs is 1. The minimum Gasteiger partial charge on any atom is -0.458 e. The Morgan fingerprint density at radius 3 is 2.39 bits per heavy atom. The highest BCUT2D eigenvalue weighted by Gasteiger charge is 2.36. The second kappa shape index (κ2) is 9.97. The van der Waals surface area contributed by atoms with E-state index in [1.807, 2.05) is 30.3 Å². The highest BCUT2D eigenvalue weighted by atomic mass is 16.6. The van der Waals surface area contributed by atoms with Gasteiger partial charge in [-0.3, -0.25) is 5.10 Å². The van der Waals surface area contributed by atoms with Gasteiger partial charge in [-0.05, 0) is 37.5 Å². The molecule has 3 aromatic rings. The molecule has 1 aromatic carbocycles. The van der Waals surface area contributed by atoms with Crippen molar-refractivity contribution < 1.29 is 23.8 Å². The van der Waals surface area contributed by atoms with Crippen molar-refractivity contribution in [3.8, 4) is 17.3 Å². The first-order chi connectivity index (χ1) is 17.3. The third-order valence-corrected chi connectivity index (χ3v) is 7.39. The van der Waals surface area contributed by atoms with Gasteiger partial charge in [0.1, 0.15) is 11.7 Å². The number of benzene rings is 1. The molecule has 1 aliphatic heterocycles. The van der Waals surface area contributed by atoms with E-state index in [0.717, 1.165) is 18.4 Å². The summed E-state index contributed by atoms with van der Waals surface area (Å²) in [5.74, 6) is 1.51. The molecule has 2 unspecified atom stereocenters. The quantitative estimate of drug-likeness (QED) is 0.528. The number of esters is 1. The highest BCUT2D eigenvalue weighted by molar-refractivity contribution is 5.99. The number of amides is 1. The summed E-state index contributed by atoms with van der Waals surface area (Å²) in [6.07, 6.45) is 1.39. The number of nitrogens with one attached hydrogen (secondary N) is 1. The van der Waals surface area contributed by atoms with Gasteiger partial charge in [0.05, 0.1) is 13.2 Å². The van der Waals surface area contributed by atoms with E-state index in [0.29, 0.717) is 54.8 Å². The van der Waals surface area contributed by atoms with Crippen molar-refractivity contribution in [1.29, 1.82) is 0 Å². The molecule has 1 saturated carbocycles. The normalized spacial score (nSPS) is 24.6. The number of carbonyl (C=O) groups excluding carboxylic acids is 2. The van der Waals surface area contributed by atoms with Crippen molar-refractivity contribution in [3.63, 3.8) is 0 Å². The van der Waals surface area contributed by atoms with Crippen molar-refractivity contribution in [3.05, 3.63) is 41.5 Å². The fraction of sp³-hybridized carbons (Fsp3) is 0.519. The molecule has 5 rings (SSSR count). The first-order valence-corrected chi connectivity index (χ1v) is 12.8. The van der Waals surface area contributed by atoms with E-state index < -0.39 is 12.1 Å². The minimum absolute atomic E-state index is 0.171. The van der Waals surface area contributed by atoms with E-state index in [1.54, 1.807) is 16.3 Å². The molecule has 1 aliphatic carbocycles. The van der Waals surface area contributed by atoms with Crippen LogP contribution in [-0.2, 0) is 9.47 Å². The van der Waals surface area contributed by atoms with Gasteiger partial charge < -0.3 is 19.1 Å². The molecule has 192 valence electrons. The third-order valence-electron chi connectivity index (χ3n) is 7.39. The molecule has 0 spiro atoms. The Balaban J connectivity index is 1.51. The fourth-order valence-electron chi connectivity index (χ4n) is 5.69. The van der Waals surface area contributed by atoms with Gasteiger partial charge in [-0.15, -0.1) is 0 Å². The zero-order valence-electron chi connectivity index (χ0n) is 21.3. The lowest BCUT2D eigenvalue weighted by atomic mass is 9.75. The average Bonchev–Trinajstić information content (AvgIpc) is 3.40. The number of hydrogen-bond donors (Lipinski definition) is 1. The van der Waals surface area contributed by atoms with Gasteiger partial charge >= 0.3 is 12.1 Å². The van der Waals surface area contributed by atoms with Crippen molar-refractivity contribution in [2.75, 3.05) is 26.3 Å². The van der Waals surface area contributed by atoms with Crippen LogP contribution in [0.5, 0.6) is 5.88 Å². The van der Waals surface area contributed by atoms with Crippen LogP contribution in [0.1, 0.15) is 49.5 Å². The molecule has 2 fully saturated rings. The van der Waals surface area contributed by atoms with E-state index >= 15 is 0 Å². The van der Waals surface area contributed by atoms with Gasteiger partial charge in [0.25, 0.3) is 0 Å². The first-order valence-electron chi connectivity index (χ1n) is 12.8. The van der Waals surface area contributed by atoms with E-state index in [-0.39, 0.29) is 23.8 Å². The second-order valence-corrected chi connectivity index (χ2v) is 10.3. The Morgan fingerprint density at radius 1 is 1.06 bits per heavy atom. The topological polar surface area (TPSA) is 98.2 Å². The summed E-state index contributed by atoms with van der Waals surface area (Å²) in [7, 11) is 0. The zero-order chi connectivity index (χ0) is 25.4. The lowest BCUT2D eigenvalue weighted by molar-refractivity contribution is -0.0251. The van der Waals surface area contributed by atoms with Crippen molar-refractivity contribution in [2.45, 2.75) is 46.6 Å². The number of hydrogen-bond acceptors (Lipinski definition) is 6. The maximum atomic E-state index is 13.6. The largest absolute Gasteiger partial charge is 0.458 e. The number of rotatable bonds is 4. The fourth-order valence-corrected chi connectivity index (χ4v) is 5.69. The SMILES string of the molecule is Cc1c(C(=O)OC2C(C)CC(C)CC2C)c2nc(-c3ccccc3)[nH]n2c1OC(=O)N1CCOCC1. The Bertz CT molecular complexity index is 1230. The Morgan fingerprint density at radius 2 is 1.72 bits per heavy atom. The van der Waals surface area contributed by atoms with Gasteiger partial charge in [0.15, 0.2) is 11.5 Å². The van der Waals surface area contributed by atoms with Crippen LogP contribution in [0.2, 0.25) is 0 Å². The van der Waals surface area contributed by atoms with Crippen LogP contribution in [0.15, 0.2) is 30.3 Å². The summed E-state index contributed by atoms with van der Waals surface area (Å²) in [5.41, 5.74) is 2.07. The van der Waals surface area contributed by atoms with E-state index in [4.69, 9.17) is 19.2 Å². The lowest BCUT2D eigenvalue weighted by Gasteiger charge is -2.37. The summed E-state index contributed by atoms with van der Waals surface area (Å²) in [6.45, 7) is 10.1. The van der Waals surface area contributed by atoms with Gasteiger partial charge in [0, 0.05) is 24.2 Å². The van der Waals surface area contributed by atoms with E-state index in [2.05, 4.69) is 25.9 Å². The van der Waals surface area contributed by atoms with Crippen molar-refractivity contribution in [2.24, 2.45) is 17.8 Å². The van der Waals surface area contributed by atoms with Crippen molar-refractivity contribution >= 4 is 17.7 Å². The molecule has 36 heavy (non-hydrogen) atoms. The maximum Gasteiger partial charge on any atom is 0.416 e. The molecular formula is C27H34N4O5. The Kier molecular flexibility index (Phi) is 6.75. The monoisotopic (exact) mass is 494 g/mol. The van der Waals surface area contributed by atoms with Gasteiger partial charge in [-0.2, -0.15) is 0 Å². The summed E-state index contributed by atoms with van der Waals surface area (Å²) >= 11 is 0. The predicted molar refractivity (Wildman–Crippen MR) is 134 cm³/mol. The molecule has 9 heteroatoms. The number of carbonyl (C=O) groups is 2. The standard InChI is InChI=1S/C27H34N4O5/c1-16-14-17(2)22(18(3)15-16)35-26(32)21-19(4)25(36-27(33)30-10-12-34-13-11-30)31-24(21)28-23(29-31)20-8-6-5-7-9-20/h5-9,16-18,22H,10-15H2,1-4H3,(H,28,29). The summed E-state index contributed by atoms with van der Waals surface area (Å²) in [4.78, 5) is 32.9. The molecule has 1 amide bonds. The summed E-state index contributed by atoms with van der Waals surface area (Å²) < 4.78 is 18.9. The Hall–Kier alpha value is -3.33. The van der Waals surface area contributed by atoms with Crippen LogP contribution in [0.25, 0.3) is 17.0 Å². The smallest absolute Gasteiger partial charge is 0.416 e. The average molecular weight is 495 g/mol. The second-order valence-electron chi connectivity index (χ2n) is 10.3. The number of nitrogens with zero attached hydrogens (tertiary/aromatic N) is 3. The number of H-pyrrole nitrogens is 1. The molecule has 0 radical (unpaired) electrons. The molecule has 2 aromatic heterocycles. The lowest BCUT2D eigenvalue weighted by Crippen LogP contribution is -2.42. The molecule has 3 heterocycles. The van der Waals surface area contributed by atoms with E-state index in [9.17, 15) is 9.59 Å². The van der Waals surface area contributed by atoms with Gasteiger partial charge in [-0.25, -0.2) is 19.1 Å². The maximum absolute atomic E-state index is 13.6. The third kappa shape index (κ3) is 4.59. The van der Waals surface area contributed by atoms with E-state index in [1.165, 1.54) is 0 Å². The van der Waals surface area contributed by atoms with Crippen LogP contribution in [0.3, 0.4) is 0 Å². The van der Waals surface area contributed by atoms with Crippen molar-refractivity contribution in [1.82, 2.24) is 19.5 Å². The molecule has 2 atom stereocenters. The minimum atomic E-state index is -0.486. The predicted octanol–water partition coefficient (Wildman–Crippen LogP) is 4.70. The van der Waals surface area contributed by atoms with Crippen LogP contribution >= 0.6 is 0 Å². The van der Waals surface area contributed by atoms with Crippen LogP contribution in [0, 0.1) is 24.7 Å². The molecule has 9 nitrogen and oxygen atoms in total. The van der Waals surface area contributed by atoms with Gasteiger partial charge in [-0.1, -0.05) is 51.1 Å². The molecule has 2 aliphatic rings. The molecule has 1 saturated heterocycles. The number of aromatic amines is 1. The number of ether oxygens (including phenoxy) is 3. The van der Waals surface area contributed by atoms with Crippen LogP contribution in [0.4, 0.5) is 4.79 Å². The van der Waals surface area contributed by atoms with Gasteiger partial charge in [0.2, 0.25) is 5.88 Å². The highest BCUT2D eigenvalue weighted by Crippen LogP contribution is 2.37.